The van der Waals surface area contributed by atoms with Crippen molar-refractivity contribution in [3.8, 4) is 6.07 Å². The molecule has 0 spiro atoms. The first kappa shape index (κ1) is 15.0. The van der Waals surface area contributed by atoms with Crippen LogP contribution in [0.5, 0.6) is 0 Å². The second-order valence-corrected chi connectivity index (χ2v) is 5.81. The van der Waals surface area contributed by atoms with Crippen LogP contribution in [0, 0.1) is 23.2 Å². The molecule has 0 bridgehead atoms. The average Bonchev–Trinajstić information content (AvgIpc) is 2.53. The third-order valence-corrected chi connectivity index (χ3v) is 4.68. The molecule has 20 heavy (non-hydrogen) atoms. The van der Waals surface area contributed by atoms with Crippen LogP contribution in [0.25, 0.3) is 0 Å². The topological polar surface area (TPSA) is 39.9 Å². The minimum Gasteiger partial charge on any atom is -0.295 e. The van der Waals surface area contributed by atoms with E-state index in [1.54, 1.807) is 0 Å². The molecule has 0 aliphatic heterocycles. The van der Waals surface area contributed by atoms with E-state index in [0.29, 0.717) is 6.04 Å². The molecule has 1 heterocycles. The van der Waals surface area contributed by atoms with Crippen molar-refractivity contribution in [2.75, 3.05) is 6.54 Å². The Morgan fingerprint density at radius 2 is 2.05 bits per heavy atom. The fourth-order valence-corrected chi connectivity index (χ4v) is 3.34. The summed E-state index contributed by atoms with van der Waals surface area (Å²) >= 11 is 0. The summed E-state index contributed by atoms with van der Waals surface area (Å²) in [7, 11) is 0. The van der Waals surface area contributed by atoms with E-state index in [0.717, 1.165) is 25.4 Å². The first-order valence-electron chi connectivity index (χ1n) is 7.81. The van der Waals surface area contributed by atoms with Crippen molar-refractivity contribution >= 4 is 0 Å². The minimum absolute atomic E-state index is 0.194. The molecule has 0 radical (unpaired) electrons. The molecule has 0 N–H and O–H groups in total. The Labute approximate surface area is 122 Å². The van der Waals surface area contributed by atoms with Crippen LogP contribution >= 0.6 is 0 Å². The summed E-state index contributed by atoms with van der Waals surface area (Å²) in [6.07, 6.45) is 8.39. The van der Waals surface area contributed by atoms with E-state index in [2.05, 4.69) is 41.9 Å². The molecule has 2 rings (SSSR count). The molecule has 108 valence electrons. The van der Waals surface area contributed by atoms with E-state index in [1.807, 2.05) is 12.4 Å². The van der Waals surface area contributed by atoms with Gasteiger partial charge in [0.15, 0.2) is 0 Å². The van der Waals surface area contributed by atoms with Gasteiger partial charge in [0.2, 0.25) is 0 Å². The Morgan fingerprint density at radius 1 is 1.30 bits per heavy atom. The van der Waals surface area contributed by atoms with E-state index < -0.39 is 0 Å². The molecule has 3 heteroatoms. The maximum atomic E-state index is 9.44. The van der Waals surface area contributed by atoms with Crippen LogP contribution in [-0.4, -0.2) is 22.5 Å². The van der Waals surface area contributed by atoms with Gasteiger partial charge in [-0.2, -0.15) is 5.26 Å². The first-order chi connectivity index (χ1) is 9.78. The van der Waals surface area contributed by atoms with Crippen molar-refractivity contribution in [2.24, 2.45) is 11.8 Å². The predicted octanol–water partition coefficient (Wildman–Crippen LogP) is 3.62. The lowest BCUT2D eigenvalue weighted by molar-refractivity contribution is 0.0979. The number of aromatic nitrogens is 1. The molecular weight excluding hydrogens is 246 g/mol. The van der Waals surface area contributed by atoms with Crippen LogP contribution < -0.4 is 0 Å². The highest BCUT2D eigenvalue weighted by Gasteiger charge is 2.33. The predicted molar refractivity (Wildman–Crippen MR) is 80.8 cm³/mol. The number of nitrogens with zero attached hydrogens (tertiary/aromatic N) is 3. The van der Waals surface area contributed by atoms with Crippen molar-refractivity contribution in [1.29, 1.82) is 5.26 Å². The zero-order valence-corrected chi connectivity index (χ0v) is 12.6. The van der Waals surface area contributed by atoms with Gasteiger partial charge in [-0.3, -0.25) is 9.88 Å². The molecule has 3 atom stereocenters. The number of rotatable bonds is 5. The molecule has 1 aromatic rings. The van der Waals surface area contributed by atoms with E-state index in [-0.39, 0.29) is 5.92 Å². The van der Waals surface area contributed by atoms with Gasteiger partial charge in [-0.15, -0.1) is 0 Å². The van der Waals surface area contributed by atoms with Gasteiger partial charge in [-0.25, -0.2) is 0 Å². The molecule has 0 aromatic carbocycles. The van der Waals surface area contributed by atoms with Crippen molar-refractivity contribution in [1.82, 2.24) is 9.88 Å². The molecular formula is C17H25N3. The lowest BCUT2D eigenvalue weighted by atomic mass is 9.77. The Balaban J connectivity index is 2.09. The number of nitriles is 1. The Morgan fingerprint density at radius 3 is 2.65 bits per heavy atom. The van der Waals surface area contributed by atoms with Crippen LogP contribution in [0.15, 0.2) is 24.5 Å². The van der Waals surface area contributed by atoms with Crippen molar-refractivity contribution in [3.63, 3.8) is 0 Å². The fraction of sp³-hybridized carbons (Fsp3) is 0.647. The zero-order valence-electron chi connectivity index (χ0n) is 12.6. The van der Waals surface area contributed by atoms with Gasteiger partial charge in [-0.05, 0) is 49.4 Å². The van der Waals surface area contributed by atoms with E-state index in [9.17, 15) is 5.26 Å². The molecule has 0 saturated heterocycles. The number of hydrogen-bond acceptors (Lipinski definition) is 3. The lowest BCUT2D eigenvalue weighted by Crippen LogP contribution is -2.43. The molecule has 3 unspecified atom stereocenters. The highest BCUT2D eigenvalue weighted by molar-refractivity contribution is 5.10. The zero-order chi connectivity index (χ0) is 14.4. The summed E-state index contributed by atoms with van der Waals surface area (Å²) in [5, 5.41) is 9.44. The van der Waals surface area contributed by atoms with E-state index in [4.69, 9.17) is 0 Å². The number of hydrogen-bond donors (Lipinski definition) is 0. The van der Waals surface area contributed by atoms with Gasteiger partial charge in [0.05, 0.1) is 12.0 Å². The summed E-state index contributed by atoms with van der Waals surface area (Å²) in [6.45, 7) is 6.40. The summed E-state index contributed by atoms with van der Waals surface area (Å²) in [5.41, 5.74) is 1.29. The highest BCUT2D eigenvalue weighted by Crippen LogP contribution is 2.34. The van der Waals surface area contributed by atoms with Gasteiger partial charge >= 0.3 is 0 Å². The average molecular weight is 271 g/mol. The quantitative estimate of drug-likeness (QED) is 0.821. The van der Waals surface area contributed by atoms with Gasteiger partial charge in [-0.1, -0.05) is 20.3 Å². The molecule has 3 nitrogen and oxygen atoms in total. The maximum Gasteiger partial charge on any atom is 0.0672 e. The van der Waals surface area contributed by atoms with Crippen molar-refractivity contribution < 1.29 is 0 Å². The van der Waals surface area contributed by atoms with Crippen LogP contribution in [0.3, 0.4) is 0 Å². The SMILES string of the molecule is CCC1CCC(C#N)C(N(CC)Cc2ccncc2)C1. The summed E-state index contributed by atoms with van der Waals surface area (Å²) in [6, 6.07) is 7.11. The molecule has 1 aromatic heterocycles. The molecule has 1 saturated carbocycles. The second kappa shape index (κ2) is 7.40. The van der Waals surface area contributed by atoms with Gasteiger partial charge in [0, 0.05) is 25.0 Å². The third-order valence-electron chi connectivity index (χ3n) is 4.68. The first-order valence-corrected chi connectivity index (χ1v) is 7.81. The maximum absolute atomic E-state index is 9.44. The van der Waals surface area contributed by atoms with Crippen molar-refractivity contribution in [3.05, 3.63) is 30.1 Å². The van der Waals surface area contributed by atoms with Crippen LogP contribution in [0.2, 0.25) is 0 Å². The van der Waals surface area contributed by atoms with Gasteiger partial charge in [0.25, 0.3) is 0 Å². The molecule has 1 aliphatic carbocycles. The van der Waals surface area contributed by atoms with Crippen LogP contribution in [0.1, 0.15) is 45.1 Å². The van der Waals surface area contributed by atoms with E-state index in [1.165, 1.54) is 24.8 Å². The Kier molecular flexibility index (Phi) is 5.55. The van der Waals surface area contributed by atoms with Gasteiger partial charge in [0.1, 0.15) is 0 Å². The van der Waals surface area contributed by atoms with Gasteiger partial charge < -0.3 is 0 Å². The van der Waals surface area contributed by atoms with Crippen LogP contribution in [-0.2, 0) is 6.54 Å². The summed E-state index contributed by atoms with van der Waals surface area (Å²) < 4.78 is 0. The Bertz CT molecular complexity index is 437. The standard InChI is InChI=1S/C17H25N3/c1-3-14-5-6-16(12-18)17(11-14)20(4-2)13-15-7-9-19-10-8-15/h7-10,14,16-17H,3-6,11,13H2,1-2H3. The lowest BCUT2D eigenvalue weighted by Gasteiger charge is -2.39. The highest BCUT2D eigenvalue weighted by atomic mass is 15.2. The number of pyridine rings is 1. The Hall–Kier alpha value is -1.40. The van der Waals surface area contributed by atoms with Crippen LogP contribution in [0.4, 0.5) is 0 Å². The third kappa shape index (κ3) is 3.58. The minimum atomic E-state index is 0.194. The summed E-state index contributed by atoms with van der Waals surface area (Å²) in [5.74, 6) is 0.982. The summed E-state index contributed by atoms with van der Waals surface area (Å²) in [4.78, 5) is 6.55. The molecule has 0 amide bonds. The molecule has 1 fully saturated rings. The fourth-order valence-electron chi connectivity index (χ4n) is 3.34. The second-order valence-electron chi connectivity index (χ2n) is 5.81. The largest absolute Gasteiger partial charge is 0.295 e. The molecule has 1 aliphatic rings. The van der Waals surface area contributed by atoms with Crippen molar-refractivity contribution in [2.45, 2.75) is 52.1 Å². The monoisotopic (exact) mass is 271 g/mol. The smallest absolute Gasteiger partial charge is 0.0672 e. The normalized spacial score (nSPS) is 26.4. The van der Waals surface area contributed by atoms with E-state index >= 15 is 0 Å².